The highest BCUT2D eigenvalue weighted by Gasteiger charge is 2.18. The lowest BCUT2D eigenvalue weighted by Crippen LogP contribution is -2.23. The molecule has 1 aromatic carbocycles. The van der Waals surface area contributed by atoms with Crippen molar-refractivity contribution in [3.8, 4) is 17.3 Å². The lowest BCUT2D eigenvalue weighted by molar-refractivity contribution is -0.107. The molecule has 7 nitrogen and oxygen atoms in total. The van der Waals surface area contributed by atoms with Crippen molar-refractivity contribution in [3.63, 3.8) is 0 Å². The Bertz CT molecular complexity index is 1090. The van der Waals surface area contributed by atoms with Crippen molar-refractivity contribution >= 4 is 17.9 Å². The average Bonchev–Trinajstić information content (AvgIpc) is 3.37. The Hall–Kier alpha value is -3.76. The molecular formula is C25H25N5O2. The number of pyridine rings is 2. The monoisotopic (exact) mass is 427 g/mol. The number of carbonyl (C=O) groups excluding carboxylic acids is 1. The Balaban J connectivity index is 1.64. The van der Waals surface area contributed by atoms with Crippen LogP contribution in [0, 0.1) is 11.3 Å². The van der Waals surface area contributed by atoms with Crippen LogP contribution in [0.3, 0.4) is 0 Å². The van der Waals surface area contributed by atoms with Crippen LogP contribution >= 0.6 is 0 Å². The third-order valence-electron chi connectivity index (χ3n) is 5.49. The minimum Gasteiger partial charge on any atom is -0.378 e. The molecule has 0 saturated carbocycles. The summed E-state index contributed by atoms with van der Waals surface area (Å²) < 4.78 is 5.72. The summed E-state index contributed by atoms with van der Waals surface area (Å²) >= 11 is 0. The fourth-order valence-electron chi connectivity index (χ4n) is 3.86. The second kappa shape index (κ2) is 10.5. The molecule has 0 spiro atoms. The summed E-state index contributed by atoms with van der Waals surface area (Å²) in [5.41, 5.74) is 3.59. The summed E-state index contributed by atoms with van der Waals surface area (Å²) in [4.78, 5) is 22.5. The lowest BCUT2D eigenvalue weighted by Gasteiger charge is -2.22. The van der Waals surface area contributed by atoms with Crippen LogP contribution in [0.1, 0.15) is 30.4 Å². The highest BCUT2D eigenvalue weighted by molar-refractivity contribution is 5.83. The van der Waals surface area contributed by atoms with Gasteiger partial charge in [-0.2, -0.15) is 5.26 Å². The third kappa shape index (κ3) is 5.10. The van der Waals surface area contributed by atoms with Crippen LogP contribution in [0.4, 0.5) is 11.5 Å². The van der Waals surface area contributed by atoms with Gasteiger partial charge >= 0.3 is 0 Å². The molecule has 4 rings (SSSR count). The smallest absolute Gasteiger partial charge is 0.214 e. The predicted molar refractivity (Wildman–Crippen MR) is 123 cm³/mol. The molecule has 1 aliphatic rings. The standard InChI is InChI=1S/C25H25N5O2/c26-15-20-6-1-2-8-22(20)23-9-10-24(30(18-31)17-19-5-3-12-27-16-19)25(29-23)28-13-11-21-7-4-14-32-21/h1-3,5-6,8-10,12,16,18,21H,4,7,11,13-14,17H2,(H,28,29). The number of benzene rings is 1. The average molecular weight is 428 g/mol. The molecule has 3 heterocycles. The van der Waals surface area contributed by atoms with Crippen molar-refractivity contribution in [1.29, 1.82) is 5.26 Å². The van der Waals surface area contributed by atoms with E-state index in [1.807, 2.05) is 42.5 Å². The van der Waals surface area contributed by atoms with Gasteiger partial charge in [0.05, 0.1) is 35.7 Å². The Morgan fingerprint density at radius 2 is 2.12 bits per heavy atom. The number of carbonyl (C=O) groups is 1. The van der Waals surface area contributed by atoms with Gasteiger partial charge in [-0.15, -0.1) is 0 Å². The van der Waals surface area contributed by atoms with E-state index in [1.165, 1.54) is 0 Å². The van der Waals surface area contributed by atoms with Crippen LogP contribution in [0.25, 0.3) is 11.3 Å². The second-order valence-electron chi connectivity index (χ2n) is 7.67. The summed E-state index contributed by atoms with van der Waals surface area (Å²) in [6, 6.07) is 17.1. The first-order valence-corrected chi connectivity index (χ1v) is 10.8. The number of hydrogen-bond acceptors (Lipinski definition) is 6. The van der Waals surface area contributed by atoms with Gasteiger partial charge in [-0.1, -0.05) is 24.3 Å². The van der Waals surface area contributed by atoms with Crippen LogP contribution < -0.4 is 10.2 Å². The maximum atomic E-state index is 12.0. The predicted octanol–water partition coefficient (Wildman–Crippen LogP) is 4.16. The van der Waals surface area contributed by atoms with E-state index in [9.17, 15) is 10.1 Å². The molecule has 1 N–H and O–H groups in total. The Morgan fingerprint density at radius 1 is 1.22 bits per heavy atom. The van der Waals surface area contributed by atoms with E-state index >= 15 is 0 Å². The molecule has 1 fully saturated rings. The van der Waals surface area contributed by atoms with E-state index in [4.69, 9.17) is 9.72 Å². The highest BCUT2D eigenvalue weighted by Crippen LogP contribution is 2.30. The van der Waals surface area contributed by atoms with E-state index < -0.39 is 0 Å². The van der Waals surface area contributed by atoms with Gasteiger partial charge in [-0.25, -0.2) is 4.98 Å². The summed E-state index contributed by atoms with van der Waals surface area (Å²) in [6.07, 6.45) is 7.53. The first-order valence-electron chi connectivity index (χ1n) is 10.8. The molecule has 1 amide bonds. The van der Waals surface area contributed by atoms with Gasteiger partial charge in [-0.05, 0) is 49.1 Å². The van der Waals surface area contributed by atoms with Crippen molar-refractivity contribution in [2.75, 3.05) is 23.4 Å². The molecule has 1 saturated heterocycles. The van der Waals surface area contributed by atoms with E-state index in [-0.39, 0.29) is 6.10 Å². The SMILES string of the molecule is N#Cc1ccccc1-c1ccc(N(C=O)Cc2cccnc2)c(NCCC2CCCO2)n1. The zero-order valence-electron chi connectivity index (χ0n) is 17.8. The van der Waals surface area contributed by atoms with Crippen molar-refractivity contribution in [2.24, 2.45) is 0 Å². The van der Waals surface area contributed by atoms with Crippen LogP contribution in [-0.4, -0.2) is 35.6 Å². The molecule has 1 aliphatic heterocycles. The maximum absolute atomic E-state index is 12.0. The van der Waals surface area contributed by atoms with Crippen molar-refractivity contribution < 1.29 is 9.53 Å². The fraction of sp³-hybridized carbons (Fsp3) is 0.280. The van der Waals surface area contributed by atoms with Crippen LogP contribution in [-0.2, 0) is 16.1 Å². The zero-order valence-corrected chi connectivity index (χ0v) is 17.8. The molecule has 7 heteroatoms. The maximum Gasteiger partial charge on any atom is 0.214 e. The quantitative estimate of drug-likeness (QED) is 0.516. The van der Waals surface area contributed by atoms with Gasteiger partial charge in [0, 0.05) is 31.1 Å². The lowest BCUT2D eigenvalue weighted by atomic mass is 10.0. The third-order valence-corrected chi connectivity index (χ3v) is 5.49. The van der Waals surface area contributed by atoms with E-state index in [2.05, 4.69) is 16.4 Å². The molecule has 32 heavy (non-hydrogen) atoms. The Morgan fingerprint density at radius 3 is 2.88 bits per heavy atom. The van der Waals surface area contributed by atoms with Crippen molar-refractivity contribution in [1.82, 2.24) is 9.97 Å². The molecule has 1 unspecified atom stereocenters. The zero-order chi connectivity index (χ0) is 22.2. The molecule has 3 aromatic rings. The topological polar surface area (TPSA) is 91.1 Å². The Labute approximate surface area is 187 Å². The van der Waals surface area contributed by atoms with Crippen LogP contribution in [0.2, 0.25) is 0 Å². The van der Waals surface area contributed by atoms with E-state index in [1.54, 1.807) is 23.4 Å². The van der Waals surface area contributed by atoms with Gasteiger partial charge < -0.3 is 15.0 Å². The molecule has 162 valence electrons. The van der Waals surface area contributed by atoms with Crippen molar-refractivity contribution in [2.45, 2.75) is 31.9 Å². The summed E-state index contributed by atoms with van der Waals surface area (Å²) in [5, 5.41) is 12.9. The minimum absolute atomic E-state index is 0.256. The largest absolute Gasteiger partial charge is 0.378 e. The number of rotatable bonds is 9. The Kier molecular flexibility index (Phi) is 7.05. The number of nitriles is 1. The molecule has 1 atom stereocenters. The van der Waals surface area contributed by atoms with Crippen LogP contribution in [0.15, 0.2) is 60.9 Å². The number of anilines is 2. The van der Waals surface area contributed by atoms with Gasteiger partial charge in [0.15, 0.2) is 5.82 Å². The number of aromatic nitrogens is 2. The normalized spacial score (nSPS) is 15.2. The number of ether oxygens (including phenoxy) is 1. The fourth-order valence-corrected chi connectivity index (χ4v) is 3.86. The van der Waals surface area contributed by atoms with E-state index in [0.29, 0.717) is 35.9 Å². The van der Waals surface area contributed by atoms with Gasteiger partial charge in [0.2, 0.25) is 6.41 Å². The summed E-state index contributed by atoms with van der Waals surface area (Å²) in [7, 11) is 0. The second-order valence-corrected chi connectivity index (χ2v) is 7.67. The number of amides is 1. The molecule has 2 aromatic heterocycles. The highest BCUT2D eigenvalue weighted by atomic mass is 16.5. The molecule has 0 bridgehead atoms. The first kappa shape index (κ1) is 21.5. The van der Waals surface area contributed by atoms with Gasteiger partial charge in [0.1, 0.15) is 0 Å². The first-order chi connectivity index (χ1) is 15.8. The molecular weight excluding hydrogens is 402 g/mol. The number of nitrogens with one attached hydrogen (secondary N) is 1. The van der Waals surface area contributed by atoms with Gasteiger partial charge in [-0.3, -0.25) is 9.78 Å². The minimum atomic E-state index is 0.256. The van der Waals surface area contributed by atoms with Gasteiger partial charge in [0.25, 0.3) is 0 Å². The van der Waals surface area contributed by atoms with Crippen molar-refractivity contribution in [3.05, 3.63) is 72.1 Å². The van der Waals surface area contributed by atoms with Crippen LogP contribution in [0.5, 0.6) is 0 Å². The summed E-state index contributed by atoms with van der Waals surface area (Å²) in [6.45, 7) is 1.87. The summed E-state index contributed by atoms with van der Waals surface area (Å²) in [5.74, 6) is 0.601. The number of hydrogen-bond donors (Lipinski definition) is 1. The molecule has 0 aliphatic carbocycles. The van der Waals surface area contributed by atoms with E-state index in [0.717, 1.165) is 43.4 Å². The number of nitrogens with zero attached hydrogens (tertiary/aromatic N) is 4. The molecule has 0 radical (unpaired) electrons.